The van der Waals surface area contributed by atoms with Crippen LogP contribution < -0.4 is 0 Å². The number of aliphatic hydroxyl groups excluding tert-OH is 1. The maximum atomic E-state index is 11.3. The van der Waals surface area contributed by atoms with E-state index >= 15 is 0 Å². The monoisotopic (exact) mass is 418 g/mol. The highest BCUT2D eigenvalue weighted by Crippen LogP contribution is 2.36. The average Bonchev–Trinajstić information content (AvgIpc) is 2.99. The highest BCUT2D eigenvalue weighted by molar-refractivity contribution is 5.80. The van der Waals surface area contributed by atoms with E-state index in [0.717, 1.165) is 57.9 Å². The van der Waals surface area contributed by atoms with Crippen molar-refractivity contribution in [2.45, 2.75) is 18.9 Å². The fourth-order valence-corrected chi connectivity index (χ4v) is 3.91. The van der Waals surface area contributed by atoms with Crippen molar-refractivity contribution in [1.29, 1.82) is 0 Å². The van der Waals surface area contributed by atoms with Gasteiger partial charge in [-0.25, -0.2) is 0 Å². The second-order valence-corrected chi connectivity index (χ2v) is 7.69. The number of aliphatic hydroxyl groups is 1. The first-order chi connectivity index (χ1) is 15.8. The first-order valence-electron chi connectivity index (χ1n) is 10.6. The summed E-state index contributed by atoms with van der Waals surface area (Å²) in [7, 11) is 0. The van der Waals surface area contributed by atoms with Crippen molar-refractivity contribution in [2.75, 3.05) is 0 Å². The molecule has 0 saturated carbocycles. The largest absolute Gasteiger partial charge is 0.384 e. The lowest BCUT2D eigenvalue weighted by Crippen LogP contribution is -2.02. The number of aryl methyl sites for hydroxylation is 2. The van der Waals surface area contributed by atoms with Crippen molar-refractivity contribution >= 4 is 23.8 Å². The molecular formula is C27H22N4O. The van der Waals surface area contributed by atoms with Gasteiger partial charge in [-0.2, -0.15) is 0 Å². The molecule has 1 N–H and O–H groups in total. The van der Waals surface area contributed by atoms with Crippen LogP contribution in [-0.4, -0.2) is 27.5 Å². The maximum Gasteiger partial charge on any atom is 0.105 e. The van der Waals surface area contributed by atoms with E-state index in [2.05, 4.69) is 32.1 Å². The van der Waals surface area contributed by atoms with Gasteiger partial charge in [0.2, 0.25) is 0 Å². The van der Waals surface area contributed by atoms with Gasteiger partial charge in [0.05, 0.1) is 35.2 Å². The SMILES string of the molecule is OC1c2cc(N=Cc3ccccn3)ccc2CCc2ccc(N=Cc3ccccn3)cc21. The third-order valence-corrected chi connectivity index (χ3v) is 5.58. The Morgan fingerprint density at radius 1 is 0.688 bits per heavy atom. The van der Waals surface area contributed by atoms with Gasteiger partial charge in [-0.05, 0) is 83.6 Å². The number of aromatic nitrogens is 2. The van der Waals surface area contributed by atoms with Crippen LogP contribution in [-0.2, 0) is 12.8 Å². The van der Waals surface area contributed by atoms with E-state index in [9.17, 15) is 5.11 Å². The van der Waals surface area contributed by atoms with Gasteiger partial charge >= 0.3 is 0 Å². The number of aliphatic imine (C=N–C) groups is 2. The molecule has 0 atom stereocenters. The zero-order valence-corrected chi connectivity index (χ0v) is 17.5. The number of nitrogens with zero attached hydrogens (tertiary/aromatic N) is 4. The zero-order valence-electron chi connectivity index (χ0n) is 17.5. The Balaban J connectivity index is 1.45. The van der Waals surface area contributed by atoms with Gasteiger partial charge in [-0.15, -0.1) is 0 Å². The summed E-state index contributed by atoms with van der Waals surface area (Å²) in [5.41, 5.74) is 7.25. The topological polar surface area (TPSA) is 70.7 Å². The molecule has 2 aromatic carbocycles. The standard InChI is InChI=1S/C27H22N4O/c32-27-25-15-21(30-17-23-5-1-3-13-28-23)11-9-19(25)7-8-20-10-12-22(16-26(20)27)31-18-24-6-2-4-14-29-24/h1-6,9-18,27,32H,7-8H2. The van der Waals surface area contributed by atoms with E-state index < -0.39 is 6.10 Å². The van der Waals surface area contributed by atoms with Crippen molar-refractivity contribution in [2.24, 2.45) is 9.98 Å². The van der Waals surface area contributed by atoms with Crippen LogP contribution in [0.3, 0.4) is 0 Å². The number of hydrogen-bond acceptors (Lipinski definition) is 5. The predicted molar refractivity (Wildman–Crippen MR) is 127 cm³/mol. The van der Waals surface area contributed by atoms with E-state index in [1.165, 1.54) is 0 Å². The van der Waals surface area contributed by atoms with Gasteiger partial charge in [0, 0.05) is 12.4 Å². The van der Waals surface area contributed by atoms with Gasteiger partial charge in [-0.3, -0.25) is 20.0 Å². The number of rotatable bonds is 4. The molecule has 1 aliphatic rings. The molecule has 5 rings (SSSR count). The van der Waals surface area contributed by atoms with Gasteiger partial charge in [0.15, 0.2) is 0 Å². The summed E-state index contributed by atoms with van der Waals surface area (Å²) in [6.45, 7) is 0. The number of hydrogen-bond donors (Lipinski definition) is 1. The minimum Gasteiger partial charge on any atom is -0.384 e. The van der Waals surface area contributed by atoms with Crippen molar-refractivity contribution in [3.05, 3.63) is 119 Å². The van der Waals surface area contributed by atoms with E-state index in [1.54, 1.807) is 24.8 Å². The summed E-state index contributed by atoms with van der Waals surface area (Å²) in [6, 6.07) is 23.5. The third-order valence-electron chi connectivity index (χ3n) is 5.58. The normalized spacial score (nSPS) is 15.5. The molecule has 5 heteroatoms. The van der Waals surface area contributed by atoms with Crippen molar-refractivity contribution in [3.8, 4) is 0 Å². The van der Waals surface area contributed by atoms with Crippen LogP contribution in [0.25, 0.3) is 0 Å². The van der Waals surface area contributed by atoms with E-state index in [-0.39, 0.29) is 0 Å². The molecule has 32 heavy (non-hydrogen) atoms. The lowest BCUT2D eigenvalue weighted by Gasteiger charge is -2.15. The number of pyridine rings is 2. The molecule has 0 amide bonds. The van der Waals surface area contributed by atoms with Crippen LogP contribution in [0.15, 0.2) is 95.2 Å². The van der Waals surface area contributed by atoms with Crippen LogP contribution in [0.2, 0.25) is 0 Å². The van der Waals surface area contributed by atoms with E-state index in [4.69, 9.17) is 0 Å². The summed E-state index contributed by atoms with van der Waals surface area (Å²) >= 11 is 0. The molecule has 0 fully saturated rings. The molecule has 2 heterocycles. The van der Waals surface area contributed by atoms with E-state index in [1.807, 2.05) is 60.7 Å². The fourth-order valence-electron chi connectivity index (χ4n) is 3.91. The van der Waals surface area contributed by atoms with Gasteiger partial charge in [0.25, 0.3) is 0 Å². The second kappa shape index (κ2) is 9.04. The minimum absolute atomic E-state index is 0.725. The zero-order chi connectivity index (χ0) is 21.8. The van der Waals surface area contributed by atoms with Gasteiger partial charge in [0.1, 0.15) is 6.10 Å². The van der Waals surface area contributed by atoms with Crippen LogP contribution >= 0.6 is 0 Å². The summed E-state index contributed by atoms with van der Waals surface area (Å²) in [5, 5.41) is 11.3. The molecule has 0 bridgehead atoms. The number of benzene rings is 2. The lowest BCUT2D eigenvalue weighted by molar-refractivity contribution is 0.219. The third kappa shape index (κ3) is 4.38. The fraction of sp³-hybridized carbons (Fsp3) is 0.111. The highest BCUT2D eigenvalue weighted by atomic mass is 16.3. The Bertz CT molecular complexity index is 1180. The van der Waals surface area contributed by atoms with E-state index in [0.29, 0.717) is 0 Å². The molecular weight excluding hydrogens is 396 g/mol. The van der Waals surface area contributed by atoms with Crippen LogP contribution in [0, 0.1) is 0 Å². The number of fused-ring (bicyclic) bond motifs is 2. The highest BCUT2D eigenvalue weighted by Gasteiger charge is 2.22. The molecule has 2 aromatic heterocycles. The van der Waals surface area contributed by atoms with Crippen molar-refractivity contribution in [1.82, 2.24) is 9.97 Å². The average molecular weight is 419 g/mol. The lowest BCUT2D eigenvalue weighted by atomic mass is 9.96. The van der Waals surface area contributed by atoms with Crippen LogP contribution in [0.4, 0.5) is 11.4 Å². The quantitative estimate of drug-likeness (QED) is 0.466. The first kappa shape index (κ1) is 20.0. The summed E-state index contributed by atoms with van der Waals surface area (Å²) in [4.78, 5) is 17.7. The molecule has 0 aliphatic heterocycles. The summed E-state index contributed by atoms with van der Waals surface area (Å²) in [6.07, 6.45) is 7.99. The predicted octanol–water partition coefficient (Wildman–Crippen LogP) is 5.16. The Labute approximate surface area is 186 Å². The molecule has 0 radical (unpaired) electrons. The molecule has 0 unspecified atom stereocenters. The Morgan fingerprint density at radius 2 is 1.19 bits per heavy atom. The van der Waals surface area contributed by atoms with Crippen LogP contribution in [0.1, 0.15) is 39.7 Å². The summed E-state index contributed by atoms with van der Waals surface area (Å²) < 4.78 is 0. The first-order valence-corrected chi connectivity index (χ1v) is 10.6. The maximum absolute atomic E-state index is 11.3. The van der Waals surface area contributed by atoms with Crippen molar-refractivity contribution < 1.29 is 5.11 Å². The molecule has 0 saturated heterocycles. The molecule has 1 aliphatic carbocycles. The summed E-state index contributed by atoms with van der Waals surface area (Å²) in [5.74, 6) is 0. The molecule has 156 valence electrons. The minimum atomic E-state index is -0.725. The Kier molecular flexibility index (Phi) is 5.64. The van der Waals surface area contributed by atoms with Gasteiger partial charge in [-0.1, -0.05) is 24.3 Å². The molecule has 4 aromatic rings. The van der Waals surface area contributed by atoms with Crippen molar-refractivity contribution in [3.63, 3.8) is 0 Å². The Hall–Kier alpha value is -3.96. The second-order valence-electron chi connectivity index (χ2n) is 7.69. The molecule has 5 nitrogen and oxygen atoms in total. The molecule has 0 spiro atoms. The Morgan fingerprint density at radius 3 is 1.62 bits per heavy atom. The smallest absolute Gasteiger partial charge is 0.105 e. The van der Waals surface area contributed by atoms with Crippen LogP contribution in [0.5, 0.6) is 0 Å². The van der Waals surface area contributed by atoms with Gasteiger partial charge < -0.3 is 5.11 Å².